The van der Waals surface area contributed by atoms with Crippen LogP contribution in [0.1, 0.15) is 34.1 Å². The van der Waals surface area contributed by atoms with E-state index < -0.39 is 5.97 Å². The Kier molecular flexibility index (Phi) is 5.88. The molecule has 2 aromatic carbocycles. The van der Waals surface area contributed by atoms with Crippen molar-refractivity contribution in [2.75, 3.05) is 13.7 Å². The molecule has 6 heteroatoms. The third-order valence-corrected chi connectivity index (χ3v) is 4.84. The Hall–Kier alpha value is -2.70. The predicted octanol–water partition coefficient (Wildman–Crippen LogP) is 2.97. The summed E-state index contributed by atoms with van der Waals surface area (Å²) in [5.74, 6) is -1.29. The van der Waals surface area contributed by atoms with Gasteiger partial charge in [0.05, 0.1) is 17.7 Å². The average molecular weight is 369 g/mol. The Labute approximate surface area is 158 Å². The SMILES string of the molecule is CCOC1CC(NC(=O)c2ccccc2-c2ccccc2C(=O)O)C1OC. The second-order valence-corrected chi connectivity index (χ2v) is 6.41. The molecule has 0 bridgehead atoms. The van der Waals surface area contributed by atoms with Crippen molar-refractivity contribution in [2.45, 2.75) is 31.6 Å². The number of rotatable bonds is 7. The van der Waals surface area contributed by atoms with E-state index in [0.29, 0.717) is 29.7 Å². The van der Waals surface area contributed by atoms with Gasteiger partial charge in [0.15, 0.2) is 0 Å². The highest BCUT2D eigenvalue weighted by atomic mass is 16.5. The van der Waals surface area contributed by atoms with Gasteiger partial charge in [0.1, 0.15) is 6.10 Å². The predicted molar refractivity (Wildman–Crippen MR) is 101 cm³/mol. The maximum Gasteiger partial charge on any atom is 0.336 e. The van der Waals surface area contributed by atoms with Crippen molar-refractivity contribution < 1.29 is 24.2 Å². The average Bonchev–Trinajstić information content (AvgIpc) is 2.67. The highest BCUT2D eigenvalue weighted by molar-refractivity contribution is 6.04. The number of hydrogen-bond donors (Lipinski definition) is 2. The van der Waals surface area contributed by atoms with Crippen molar-refractivity contribution in [3.63, 3.8) is 0 Å². The zero-order valence-electron chi connectivity index (χ0n) is 15.3. The van der Waals surface area contributed by atoms with Crippen LogP contribution >= 0.6 is 0 Å². The van der Waals surface area contributed by atoms with Gasteiger partial charge in [-0.1, -0.05) is 36.4 Å². The van der Waals surface area contributed by atoms with Gasteiger partial charge in [-0.25, -0.2) is 4.79 Å². The fourth-order valence-corrected chi connectivity index (χ4v) is 3.48. The fraction of sp³-hybridized carbons (Fsp3) is 0.333. The number of hydrogen-bond acceptors (Lipinski definition) is 4. The molecule has 1 saturated carbocycles. The van der Waals surface area contributed by atoms with Gasteiger partial charge < -0.3 is 19.9 Å². The van der Waals surface area contributed by atoms with Gasteiger partial charge in [-0.15, -0.1) is 0 Å². The van der Waals surface area contributed by atoms with Gasteiger partial charge in [-0.05, 0) is 36.6 Å². The van der Waals surface area contributed by atoms with Crippen LogP contribution in [0.5, 0.6) is 0 Å². The molecule has 0 radical (unpaired) electrons. The number of carbonyl (C=O) groups is 2. The van der Waals surface area contributed by atoms with Crippen LogP contribution in [-0.2, 0) is 9.47 Å². The first kappa shape index (κ1) is 19.1. The summed E-state index contributed by atoms with van der Waals surface area (Å²) in [6.07, 6.45) is 0.479. The van der Waals surface area contributed by atoms with Crippen LogP contribution in [0.15, 0.2) is 48.5 Å². The molecule has 27 heavy (non-hydrogen) atoms. The molecule has 2 N–H and O–H groups in total. The summed E-state index contributed by atoms with van der Waals surface area (Å²) >= 11 is 0. The smallest absolute Gasteiger partial charge is 0.336 e. The second kappa shape index (κ2) is 8.33. The Balaban J connectivity index is 1.85. The first-order valence-corrected chi connectivity index (χ1v) is 8.93. The number of amides is 1. The molecule has 1 aliphatic rings. The maximum absolute atomic E-state index is 12.9. The van der Waals surface area contributed by atoms with Crippen LogP contribution in [0.2, 0.25) is 0 Å². The summed E-state index contributed by atoms with van der Waals surface area (Å²) in [4.78, 5) is 24.5. The molecule has 0 spiro atoms. The maximum atomic E-state index is 12.9. The molecule has 6 nitrogen and oxygen atoms in total. The molecule has 1 fully saturated rings. The third-order valence-electron chi connectivity index (χ3n) is 4.84. The number of aromatic carboxylic acids is 1. The zero-order chi connectivity index (χ0) is 19.4. The number of methoxy groups -OCH3 is 1. The topological polar surface area (TPSA) is 84.9 Å². The second-order valence-electron chi connectivity index (χ2n) is 6.41. The lowest BCUT2D eigenvalue weighted by atomic mass is 9.84. The molecular weight excluding hydrogens is 346 g/mol. The zero-order valence-corrected chi connectivity index (χ0v) is 15.3. The molecule has 0 aromatic heterocycles. The van der Waals surface area contributed by atoms with E-state index in [-0.39, 0.29) is 29.7 Å². The molecule has 1 aliphatic carbocycles. The van der Waals surface area contributed by atoms with Gasteiger partial charge >= 0.3 is 5.97 Å². The first-order chi connectivity index (χ1) is 13.1. The Morgan fingerprint density at radius 1 is 1.07 bits per heavy atom. The van der Waals surface area contributed by atoms with Crippen molar-refractivity contribution in [3.8, 4) is 11.1 Å². The third kappa shape index (κ3) is 3.86. The van der Waals surface area contributed by atoms with E-state index >= 15 is 0 Å². The van der Waals surface area contributed by atoms with E-state index in [4.69, 9.17) is 9.47 Å². The van der Waals surface area contributed by atoms with Gasteiger partial charge in [-0.2, -0.15) is 0 Å². The van der Waals surface area contributed by atoms with Crippen LogP contribution in [0.25, 0.3) is 11.1 Å². The normalized spacial score (nSPS) is 21.3. The van der Waals surface area contributed by atoms with Crippen LogP contribution in [0.3, 0.4) is 0 Å². The largest absolute Gasteiger partial charge is 0.478 e. The summed E-state index contributed by atoms with van der Waals surface area (Å²) in [5, 5.41) is 12.5. The quantitative estimate of drug-likeness (QED) is 0.784. The van der Waals surface area contributed by atoms with Gasteiger partial charge in [-0.3, -0.25) is 4.79 Å². The van der Waals surface area contributed by atoms with E-state index in [1.54, 1.807) is 49.6 Å². The summed E-state index contributed by atoms with van der Waals surface area (Å²) in [6.45, 7) is 2.52. The standard InChI is InChI=1S/C21H23NO5/c1-3-27-18-12-17(19(18)26-2)22-20(23)15-10-6-4-8-13(15)14-9-5-7-11-16(14)21(24)25/h4-11,17-19H,3,12H2,1-2H3,(H,22,23)(H,24,25). The number of ether oxygens (including phenoxy) is 2. The van der Waals surface area contributed by atoms with Crippen molar-refractivity contribution in [3.05, 3.63) is 59.7 Å². The molecular formula is C21H23NO5. The van der Waals surface area contributed by atoms with Crippen molar-refractivity contribution >= 4 is 11.9 Å². The van der Waals surface area contributed by atoms with E-state index in [9.17, 15) is 14.7 Å². The summed E-state index contributed by atoms with van der Waals surface area (Å²) in [5.41, 5.74) is 1.69. The molecule has 3 atom stereocenters. The molecule has 0 aliphatic heterocycles. The van der Waals surface area contributed by atoms with Crippen LogP contribution in [0.4, 0.5) is 0 Å². The summed E-state index contributed by atoms with van der Waals surface area (Å²) in [7, 11) is 1.60. The van der Waals surface area contributed by atoms with Crippen LogP contribution in [-0.4, -0.2) is 48.9 Å². The summed E-state index contributed by atoms with van der Waals surface area (Å²) < 4.78 is 11.0. The van der Waals surface area contributed by atoms with Crippen LogP contribution < -0.4 is 5.32 Å². The van der Waals surface area contributed by atoms with Gasteiger partial charge in [0, 0.05) is 19.3 Å². The van der Waals surface area contributed by atoms with E-state index in [0.717, 1.165) is 0 Å². The van der Waals surface area contributed by atoms with E-state index in [2.05, 4.69) is 5.32 Å². The lowest BCUT2D eigenvalue weighted by Gasteiger charge is -2.43. The Morgan fingerprint density at radius 2 is 1.67 bits per heavy atom. The molecule has 3 unspecified atom stereocenters. The Morgan fingerprint density at radius 3 is 2.26 bits per heavy atom. The number of benzene rings is 2. The molecule has 3 rings (SSSR count). The highest BCUT2D eigenvalue weighted by Crippen LogP contribution is 2.30. The molecule has 0 heterocycles. The highest BCUT2D eigenvalue weighted by Gasteiger charge is 2.43. The summed E-state index contributed by atoms with van der Waals surface area (Å²) in [6, 6.07) is 13.5. The Bertz CT molecular complexity index is 835. The minimum atomic E-state index is -1.03. The molecule has 1 amide bonds. The van der Waals surface area contributed by atoms with Crippen molar-refractivity contribution in [1.29, 1.82) is 0 Å². The fourth-order valence-electron chi connectivity index (χ4n) is 3.48. The van der Waals surface area contributed by atoms with Crippen LogP contribution in [0, 0.1) is 0 Å². The van der Waals surface area contributed by atoms with Crippen molar-refractivity contribution in [1.82, 2.24) is 5.32 Å². The lowest BCUT2D eigenvalue weighted by Crippen LogP contribution is -2.61. The van der Waals surface area contributed by atoms with Gasteiger partial charge in [0.25, 0.3) is 5.91 Å². The minimum Gasteiger partial charge on any atom is -0.478 e. The van der Waals surface area contributed by atoms with E-state index in [1.807, 2.05) is 6.92 Å². The number of carboxylic acids is 1. The van der Waals surface area contributed by atoms with Gasteiger partial charge in [0.2, 0.25) is 0 Å². The monoisotopic (exact) mass is 369 g/mol. The number of nitrogens with one attached hydrogen (secondary N) is 1. The first-order valence-electron chi connectivity index (χ1n) is 8.93. The molecule has 0 saturated heterocycles. The molecule has 2 aromatic rings. The van der Waals surface area contributed by atoms with Crippen molar-refractivity contribution in [2.24, 2.45) is 0 Å². The lowest BCUT2D eigenvalue weighted by molar-refractivity contribution is -0.128. The number of carbonyl (C=O) groups excluding carboxylic acids is 1. The van der Waals surface area contributed by atoms with E-state index in [1.165, 1.54) is 6.07 Å². The molecule has 142 valence electrons. The number of carboxylic acid groups (broad SMARTS) is 1. The minimum absolute atomic E-state index is 0.0201.